The molecule has 0 spiro atoms. The van der Waals surface area contributed by atoms with Crippen molar-refractivity contribution in [1.82, 2.24) is 10.2 Å². The van der Waals surface area contributed by atoms with Crippen LogP contribution in [0.4, 0.5) is 6.01 Å². The number of nitrogens with one attached hydrogen (secondary N) is 1. The Morgan fingerprint density at radius 1 is 1.04 bits per heavy atom. The van der Waals surface area contributed by atoms with Crippen molar-refractivity contribution in [2.45, 2.75) is 20.8 Å². The van der Waals surface area contributed by atoms with E-state index in [1.807, 2.05) is 32.9 Å². The minimum absolute atomic E-state index is 0.0325. The summed E-state index contributed by atoms with van der Waals surface area (Å²) in [6.45, 7) is 6.71. The second kappa shape index (κ2) is 8.35. The molecule has 1 N–H and O–H groups in total. The lowest BCUT2D eigenvalue weighted by Gasteiger charge is -2.11. The second-order valence-corrected chi connectivity index (χ2v) is 5.71. The Morgan fingerprint density at radius 2 is 1.78 bits per heavy atom. The van der Waals surface area contributed by atoms with E-state index >= 15 is 0 Å². The minimum atomic E-state index is -0.301. The maximum absolute atomic E-state index is 12.4. The lowest BCUT2D eigenvalue weighted by atomic mass is 10.1. The summed E-state index contributed by atoms with van der Waals surface area (Å²) in [5.41, 5.74) is 2.09. The van der Waals surface area contributed by atoms with Crippen LogP contribution in [0.1, 0.15) is 29.8 Å². The van der Waals surface area contributed by atoms with Gasteiger partial charge in [0.25, 0.3) is 5.91 Å². The molecule has 140 valence electrons. The van der Waals surface area contributed by atoms with Gasteiger partial charge in [-0.25, -0.2) is 0 Å². The number of carbonyl (C=O) groups is 1. The summed E-state index contributed by atoms with van der Waals surface area (Å²) in [5.74, 6) is 1.22. The van der Waals surface area contributed by atoms with Crippen LogP contribution >= 0.6 is 0 Å². The van der Waals surface area contributed by atoms with Gasteiger partial charge in [0.2, 0.25) is 5.89 Å². The molecule has 1 aromatic heterocycles. The van der Waals surface area contributed by atoms with Crippen LogP contribution in [0.15, 0.2) is 46.9 Å². The summed E-state index contributed by atoms with van der Waals surface area (Å²) in [6.07, 6.45) is 0. The molecule has 7 heteroatoms. The second-order valence-electron chi connectivity index (χ2n) is 5.71. The van der Waals surface area contributed by atoms with E-state index < -0.39 is 0 Å². The molecule has 0 saturated carbocycles. The van der Waals surface area contributed by atoms with E-state index in [9.17, 15) is 4.79 Å². The van der Waals surface area contributed by atoms with E-state index in [0.29, 0.717) is 35.8 Å². The molecule has 0 atom stereocenters. The van der Waals surface area contributed by atoms with Crippen molar-refractivity contribution in [2.75, 3.05) is 18.5 Å². The monoisotopic (exact) mass is 367 g/mol. The third-order valence-electron chi connectivity index (χ3n) is 3.83. The number of aromatic nitrogens is 2. The fourth-order valence-electron chi connectivity index (χ4n) is 2.57. The Balaban J connectivity index is 1.80. The lowest BCUT2D eigenvalue weighted by Crippen LogP contribution is -2.13. The van der Waals surface area contributed by atoms with Gasteiger partial charge in [-0.2, -0.15) is 0 Å². The van der Waals surface area contributed by atoms with Gasteiger partial charge >= 0.3 is 6.01 Å². The van der Waals surface area contributed by atoms with Crippen LogP contribution in [0.5, 0.6) is 11.5 Å². The first-order valence-corrected chi connectivity index (χ1v) is 8.72. The highest BCUT2D eigenvalue weighted by molar-refractivity contribution is 6.04. The zero-order valence-electron chi connectivity index (χ0n) is 15.5. The Morgan fingerprint density at radius 3 is 2.52 bits per heavy atom. The average molecular weight is 367 g/mol. The van der Waals surface area contributed by atoms with Gasteiger partial charge in [-0.05, 0) is 50.6 Å². The molecule has 0 aliphatic carbocycles. The van der Waals surface area contributed by atoms with Crippen LogP contribution in [0.3, 0.4) is 0 Å². The van der Waals surface area contributed by atoms with Gasteiger partial charge in [0, 0.05) is 11.1 Å². The molecule has 1 amide bonds. The minimum Gasteiger partial charge on any atom is -0.490 e. The summed E-state index contributed by atoms with van der Waals surface area (Å²) in [7, 11) is 0. The molecule has 0 radical (unpaired) electrons. The quantitative estimate of drug-likeness (QED) is 0.677. The Hall–Kier alpha value is -3.35. The molecule has 0 fully saturated rings. The van der Waals surface area contributed by atoms with E-state index in [1.54, 1.807) is 30.3 Å². The van der Waals surface area contributed by atoms with Gasteiger partial charge in [-0.15, -0.1) is 5.10 Å². The number of aryl methyl sites for hydroxylation is 1. The number of amides is 1. The molecule has 7 nitrogen and oxygen atoms in total. The number of hydrogen-bond acceptors (Lipinski definition) is 6. The molecule has 0 aliphatic rings. The number of hydrogen-bond donors (Lipinski definition) is 1. The lowest BCUT2D eigenvalue weighted by molar-refractivity contribution is 0.102. The van der Waals surface area contributed by atoms with E-state index in [4.69, 9.17) is 13.9 Å². The SMILES string of the molecule is CCOc1ccc(-c2nnc(NC(=O)c3ccccc3C)o2)cc1OCC. The van der Waals surface area contributed by atoms with Crippen molar-refractivity contribution < 1.29 is 18.7 Å². The topological polar surface area (TPSA) is 86.5 Å². The zero-order valence-corrected chi connectivity index (χ0v) is 15.5. The highest BCUT2D eigenvalue weighted by Crippen LogP contribution is 2.32. The van der Waals surface area contributed by atoms with Gasteiger partial charge in [-0.3, -0.25) is 10.1 Å². The first-order valence-electron chi connectivity index (χ1n) is 8.72. The number of benzene rings is 2. The first kappa shape index (κ1) is 18.4. The summed E-state index contributed by atoms with van der Waals surface area (Å²) < 4.78 is 16.7. The van der Waals surface area contributed by atoms with Gasteiger partial charge < -0.3 is 13.9 Å². The first-order chi connectivity index (χ1) is 13.1. The van der Waals surface area contributed by atoms with Crippen molar-refractivity contribution in [3.8, 4) is 23.0 Å². The fraction of sp³-hybridized carbons (Fsp3) is 0.250. The molecule has 3 aromatic rings. The summed E-state index contributed by atoms with van der Waals surface area (Å²) in [5, 5.41) is 10.5. The number of nitrogens with zero attached hydrogens (tertiary/aromatic N) is 2. The molecule has 3 rings (SSSR count). The van der Waals surface area contributed by atoms with Crippen LogP contribution < -0.4 is 14.8 Å². The number of ether oxygens (including phenoxy) is 2. The van der Waals surface area contributed by atoms with E-state index in [0.717, 1.165) is 5.56 Å². The predicted molar refractivity (Wildman–Crippen MR) is 101 cm³/mol. The standard InChI is InChI=1S/C20H21N3O4/c1-4-25-16-11-10-14(12-17(16)26-5-2)19-22-23-20(27-19)21-18(24)15-9-7-6-8-13(15)3/h6-12H,4-5H2,1-3H3,(H,21,23,24). The van der Waals surface area contributed by atoms with Gasteiger partial charge in [0.05, 0.1) is 13.2 Å². The summed E-state index contributed by atoms with van der Waals surface area (Å²) >= 11 is 0. The molecule has 0 unspecified atom stereocenters. The molecule has 1 heterocycles. The predicted octanol–water partition coefficient (Wildman–Crippen LogP) is 4.09. The zero-order chi connectivity index (χ0) is 19.2. The highest BCUT2D eigenvalue weighted by atomic mass is 16.5. The highest BCUT2D eigenvalue weighted by Gasteiger charge is 2.15. The van der Waals surface area contributed by atoms with Crippen LogP contribution in [-0.4, -0.2) is 29.3 Å². The van der Waals surface area contributed by atoms with Crippen molar-refractivity contribution in [2.24, 2.45) is 0 Å². The van der Waals surface area contributed by atoms with Crippen molar-refractivity contribution in [3.05, 3.63) is 53.6 Å². The van der Waals surface area contributed by atoms with Gasteiger partial charge in [0.1, 0.15) is 0 Å². The third-order valence-corrected chi connectivity index (χ3v) is 3.83. The van der Waals surface area contributed by atoms with Gasteiger partial charge in [0.15, 0.2) is 11.5 Å². The van der Waals surface area contributed by atoms with E-state index in [1.165, 1.54) is 0 Å². The smallest absolute Gasteiger partial charge is 0.322 e. The molecule has 2 aromatic carbocycles. The average Bonchev–Trinajstić information content (AvgIpc) is 3.12. The fourth-order valence-corrected chi connectivity index (χ4v) is 2.57. The van der Waals surface area contributed by atoms with E-state index in [-0.39, 0.29) is 17.8 Å². The molecular weight excluding hydrogens is 346 g/mol. The normalized spacial score (nSPS) is 10.5. The van der Waals surface area contributed by atoms with Crippen LogP contribution in [0.25, 0.3) is 11.5 Å². The maximum atomic E-state index is 12.4. The van der Waals surface area contributed by atoms with Crippen LogP contribution in [0, 0.1) is 6.92 Å². The Bertz CT molecular complexity index is 936. The molecular formula is C20H21N3O4. The third kappa shape index (κ3) is 4.25. The van der Waals surface area contributed by atoms with Crippen molar-refractivity contribution >= 4 is 11.9 Å². The molecule has 0 saturated heterocycles. The molecule has 0 aliphatic heterocycles. The summed E-state index contributed by atoms with van der Waals surface area (Å²) in [6, 6.07) is 12.7. The van der Waals surface area contributed by atoms with Crippen molar-refractivity contribution in [1.29, 1.82) is 0 Å². The number of rotatable bonds is 7. The van der Waals surface area contributed by atoms with Crippen LogP contribution in [0.2, 0.25) is 0 Å². The Kier molecular flexibility index (Phi) is 5.71. The largest absolute Gasteiger partial charge is 0.490 e. The van der Waals surface area contributed by atoms with E-state index in [2.05, 4.69) is 15.5 Å². The van der Waals surface area contributed by atoms with Crippen LogP contribution in [-0.2, 0) is 0 Å². The molecule has 0 bridgehead atoms. The van der Waals surface area contributed by atoms with Crippen molar-refractivity contribution in [3.63, 3.8) is 0 Å². The van der Waals surface area contributed by atoms with Gasteiger partial charge in [-0.1, -0.05) is 23.3 Å². The number of anilines is 1. The number of carbonyl (C=O) groups excluding carboxylic acids is 1. The summed E-state index contributed by atoms with van der Waals surface area (Å²) in [4.78, 5) is 12.4. The molecule has 27 heavy (non-hydrogen) atoms. The Labute approximate surface area is 157 Å². The maximum Gasteiger partial charge on any atom is 0.322 e.